The summed E-state index contributed by atoms with van der Waals surface area (Å²) < 4.78 is 0. The summed E-state index contributed by atoms with van der Waals surface area (Å²) >= 11 is 0. The molecular weight excluding hydrogens is 212 g/mol. The number of hydrogen-bond donors (Lipinski definition) is 2. The quantitative estimate of drug-likeness (QED) is 0.698. The van der Waals surface area contributed by atoms with Gasteiger partial charge in [0.2, 0.25) is 0 Å². The maximum Gasteiger partial charge on any atom is 0.0613 e. The Morgan fingerprint density at radius 3 is 2.65 bits per heavy atom. The van der Waals surface area contributed by atoms with Gasteiger partial charge < -0.3 is 15.3 Å². The molecule has 0 radical (unpaired) electrons. The standard InChI is InChI=1S/C14H30N2O/c1-4-13-6-5-8-14(12-17,9-7-13)15-10-11-16(2)3/h13,15,17H,4-12H2,1-3H3. The lowest BCUT2D eigenvalue weighted by Gasteiger charge is -2.33. The van der Waals surface area contributed by atoms with Gasteiger partial charge in [-0.15, -0.1) is 0 Å². The average Bonchev–Trinajstić information content (AvgIpc) is 2.51. The third kappa shape index (κ3) is 4.94. The third-order valence-electron chi connectivity index (χ3n) is 4.24. The van der Waals surface area contributed by atoms with Crippen molar-refractivity contribution in [2.24, 2.45) is 5.92 Å². The fourth-order valence-corrected chi connectivity index (χ4v) is 2.82. The van der Waals surface area contributed by atoms with Crippen LogP contribution in [0.1, 0.15) is 45.4 Å². The monoisotopic (exact) mass is 242 g/mol. The van der Waals surface area contributed by atoms with Crippen LogP contribution in [0.4, 0.5) is 0 Å². The molecule has 1 rings (SSSR count). The zero-order valence-corrected chi connectivity index (χ0v) is 11.8. The summed E-state index contributed by atoms with van der Waals surface area (Å²) in [5, 5.41) is 13.3. The predicted molar refractivity (Wildman–Crippen MR) is 73.2 cm³/mol. The number of nitrogens with one attached hydrogen (secondary N) is 1. The second kappa shape index (κ2) is 7.34. The van der Waals surface area contributed by atoms with Crippen LogP contribution in [-0.2, 0) is 0 Å². The minimum atomic E-state index is -0.0000694. The van der Waals surface area contributed by atoms with E-state index < -0.39 is 0 Å². The normalized spacial score (nSPS) is 30.5. The molecule has 0 aromatic rings. The van der Waals surface area contributed by atoms with Crippen LogP contribution in [0.3, 0.4) is 0 Å². The van der Waals surface area contributed by atoms with E-state index in [9.17, 15) is 5.11 Å². The van der Waals surface area contributed by atoms with Gasteiger partial charge in [0.25, 0.3) is 0 Å². The first-order valence-electron chi connectivity index (χ1n) is 7.12. The van der Waals surface area contributed by atoms with Crippen molar-refractivity contribution in [3.63, 3.8) is 0 Å². The molecule has 1 fully saturated rings. The van der Waals surface area contributed by atoms with Crippen LogP contribution in [0.15, 0.2) is 0 Å². The van der Waals surface area contributed by atoms with Crippen LogP contribution in [-0.4, -0.2) is 49.3 Å². The van der Waals surface area contributed by atoms with Crippen molar-refractivity contribution in [2.75, 3.05) is 33.8 Å². The van der Waals surface area contributed by atoms with Crippen LogP contribution in [0.5, 0.6) is 0 Å². The molecule has 0 amide bonds. The lowest BCUT2D eigenvalue weighted by atomic mass is 9.90. The van der Waals surface area contributed by atoms with E-state index in [0.717, 1.165) is 31.8 Å². The van der Waals surface area contributed by atoms with Gasteiger partial charge in [0.05, 0.1) is 6.61 Å². The Morgan fingerprint density at radius 2 is 2.06 bits per heavy atom. The highest BCUT2D eigenvalue weighted by atomic mass is 16.3. The highest BCUT2D eigenvalue weighted by Gasteiger charge is 2.31. The molecule has 1 aliphatic carbocycles. The lowest BCUT2D eigenvalue weighted by molar-refractivity contribution is 0.140. The summed E-state index contributed by atoms with van der Waals surface area (Å²) in [5.41, 5.74) is -0.0000694. The molecule has 0 spiro atoms. The number of aliphatic hydroxyl groups excluding tert-OH is 1. The molecule has 102 valence electrons. The summed E-state index contributed by atoms with van der Waals surface area (Å²) in [6, 6.07) is 0. The Hall–Kier alpha value is -0.120. The van der Waals surface area contributed by atoms with E-state index >= 15 is 0 Å². The molecule has 2 N–H and O–H groups in total. The SMILES string of the molecule is CCC1CCCC(CO)(NCCN(C)C)CC1. The van der Waals surface area contributed by atoms with Gasteiger partial charge in [-0.1, -0.05) is 26.2 Å². The molecule has 0 aromatic carbocycles. The van der Waals surface area contributed by atoms with Crippen LogP contribution in [0.25, 0.3) is 0 Å². The van der Waals surface area contributed by atoms with Gasteiger partial charge in [0.1, 0.15) is 0 Å². The van der Waals surface area contributed by atoms with Crippen molar-refractivity contribution in [1.82, 2.24) is 10.2 Å². The Kier molecular flexibility index (Phi) is 6.45. The molecular formula is C14H30N2O. The summed E-state index contributed by atoms with van der Waals surface area (Å²) in [5.74, 6) is 0.874. The second-order valence-corrected chi connectivity index (χ2v) is 5.87. The first-order chi connectivity index (χ1) is 8.12. The number of hydrogen-bond acceptors (Lipinski definition) is 3. The van der Waals surface area contributed by atoms with E-state index in [2.05, 4.69) is 31.2 Å². The van der Waals surface area contributed by atoms with Gasteiger partial charge in [-0.2, -0.15) is 0 Å². The van der Waals surface area contributed by atoms with Crippen molar-refractivity contribution in [2.45, 2.75) is 51.0 Å². The summed E-state index contributed by atoms with van der Waals surface area (Å²) in [4.78, 5) is 2.18. The van der Waals surface area contributed by atoms with Gasteiger partial charge in [-0.3, -0.25) is 0 Å². The van der Waals surface area contributed by atoms with Crippen molar-refractivity contribution in [3.8, 4) is 0 Å². The minimum Gasteiger partial charge on any atom is -0.394 e. The predicted octanol–water partition coefficient (Wildman–Crippen LogP) is 1.86. The third-order valence-corrected chi connectivity index (χ3v) is 4.24. The maximum atomic E-state index is 9.71. The molecule has 3 heteroatoms. The highest BCUT2D eigenvalue weighted by Crippen LogP contribution is 2.31. The fraction of sp³-hybridized carbons (Fsp3) is 1.00. The molecule has 3 nitrogen and oxygen atoms in total. The van der Waals surface area contributed by atoms with Gasteiger partial charge in [-0.25, -0.2) is 0 Å². The summed E-state index contributed by atoms with van der Waals surface area (Å²) in [6.07, 6.45) is 7.43. The van der Waals surface area contributed by atoms with Gasteiger partial charge >= 0.3 is 0 Å². The number of rotatable bonds is 6. The molecule has 2 unspecified atom stereocenters. The Balaban J connectivity index is 2.44. The topological polar surface area (TPSA) is 35.5 Å². The van der Waals surface area contributed by atoms with Crippen LogP contribution < -0.4 is 5.32 Å². The highest BCUT2D eigenvalue weighted by molar-refractivity contribution is 4.90. The zero-order valence-electron chi connectivity index (χ0n) is 11.8. The zero-order chi connectivity index (χ0) is 12.7. The maximum absolute atomic E-state index is 9.71. The van der Waals surface area contributed by atoms with Gasteiger partial charge in [0.15, 0.2) is 0 Å². The first kappa shape index (κ1) is 14.9. The smallest absolute Gasteiger partial charge is 0.0613 e. The largest absolute Gasteiger partial charge is 0.394 e. The number of nitrogens with zero attached hydrogens (tertiary/aromatic N) is 1. The molecule has 0 bridgehead atoms. The molecule has 17 heavy (non-hydrogen) atoms. The molecule has 0 aromatic heterocycles. The Morgan fingerprint density at radius 1 is 1.29 bits per heavy atom. The van der Waals surface area contributed by atoms with Gasteiger partial charge in [0, 0.05) is 18.6 Å². The molecule has 2 atom stereocenters. The summed E-state index contributed by atoms with van der Waals surface area (Å²) in [6.45, 7) is 4.59. The van der Waals surface area contributed by atoms with Crippen molar-refractivity contribution in [3.05, 3.63) is 0 Å². The van der Waals surface area contributed by atoms with Crippen molar-refractivity contribution >= 4 is 0 Å². The number of aliphatic hydroxyl groups is 1. The molecule has 0 heterocycles. The Labute approximate surface area is 107 Å². The van der Waals surface area contributed by atoms with Gasteiger partial charge in [-0.05, 0) is 39.3 Å². The van der Waals surface area contributed by atoms with Crippen LogP contribution >= 0.6 is 0 Å². The first-order valence-corrected chi connectivity index (χ1v) is 7.12. The van der Waals surface area contributed by atoms with Crippen molar-refractivity contribution < 1.29 is 5.11 Å². The average molecular weight is 242 g/mol. The van der Waals surface area contributed by atoms with Crippen molar-refractivity contribution in [1.29, 1.82) is 0 Å². The molecule has 0 aliphatic heterocycles. The molecule has 1 saturated carbocycles. The van der Waals surface area contributed by atoms with Crippen LogP contribution in [0.2, 0.25) is 0 Å². The van der Waals surface area contributed by atoms with E-state index in [1.54, 1.807) is 0 Å². The second-order valence-electron chi connectivity index (χ2n) is 5.87. The lowest BCUT2D eigenvalue weighted by Crippen LogP contribution is -2.50. The van der Waals surface area contributed by atoms with E-state index in [4.69, 9.17) is 0 Å². The Bertz CT molecular complexity index is 208. The minimum absolute atomic E-state index is 0.0000694. The van der Waals surface area contributed by atoms with E-state index in [-0.39, 0.29) is 12.1 Å². The fourth-order valence-electron chi connectivity index (χ4n) is 2.82. The molecule has 1 aliphatic rings. The van der Waals surface area contributed by atoms with E-state index in [1.165, 1.54) is 25.7 Å². The van der Waals surface area contributed by atoms with E-state index in [0.29, 0.717) is 0 Å². The van der Waals surface area contributed by atoms with Crippen LogP contribution in [0, 0.1) is 5.92 Å². The summed E-state index contributed by atoms with van der Waals surface area (Å²) in [7, 11) is 4.18. The number of likely N-dealkylation sites (N-methyl/N-ethyl adjacent to an activating group) is 1. The van der Waals surface area contributed by atoms with E-state index in [1.807, 2.05) is 0 Å². The molecule has 0 saturated heterocycles.